The van der Waals surface area contributed by atoms with Crippen LogP contribution in [0.5, 0.6) is 0 Å². The van der Waals surface area contributed by atoms with Gasteiger partial charge in [0.05, 0.1) is 0 Å². The second kappa shape index (κ2) is 14.2. The molecule has 2 unspecified atom stereocenters. The summed E-state index contributed by atoms with van der Waals surface area (Å²) in [6, 6.07) is 3.65. The van der Waals surface area contributed by atoms with E-state index in [1.54, 1.807) is 20.8 Å². The summed E-state index contributed by atoms with van der Waals surface area (Å²) in [5, 5.41) is 5.64. The maximum Gasteiger partial charge on any atom is 0.408 e. The second-order valence-corrected chi connectivity index (χ2v) is 11.8. The highest BCUT2D eigenvalue weighted by Gasteiger charge is 2.42. The zero-order chi connectivity index (χ0) is 29.3. The van der Waals surface area contributed by atoms with Gasteiger partial charge in [0, 0.05) is 18.5 Å². The molecule has 0 fully saturated rings. The number of carbonyl (C=O) groups is 4. The van der Waals surface area contributed by atoms with E-state index >= 15 is 0 Å². The molecule has 0 spiro atoms. The zero-order valence-electron chi connectivity index (χ0n) is 24.7. The maximum atomic E-state index is 14.2. The number of carbonyl (C=O) groups excluding carboxylic acids is 4. The molecule has 1 aromatic carbocycles. The topological polar surface area (TPSA) is 131 Å². The van der Waals surface area contributed by atoms with Gasteiger partial charge in [-0.2, -0.15) is 0 Å². The number of ether oxygens (including phenoxy) is 1. The lowest BCUT2D eigenvalue weighted by Crippen LogP contribution is -2.59. The van der Waals surface area contributed by atoms with Crippen molar-refractivity contribution in [1.29, 1.82) is 0 Å². The van der Waals surface area contributed by atoms with E-state index in [4.69, 9.17) is 10.5 Å². The minimum absolute atomic E-state index is 0.0302. The van der Waals surface area contributed by atoms with E-state index < -0.39 is 41.1 Å². The monoisotopic (exact) mass is 532 g/mol. The van der Waals surface area contributed by atoms with Crippen molar-refractivity contribution in [3.63, 3.8) is 0 Å². The van der Waals surface area contributed by atoms with Gasteiger partial charge in [0.25, 0.3) is 0 Å². The zero-order valence-corrected chi connectivity index (χ0v) is 24.7. The molecule has 38 heavy (non-hydrogen) atoms. The van der Waals surface area contributed by atoms with Gasteiger partial charge in [-0.1, -0.05) is 38.0 Å². The van der Waals surface area contributed by atoms with Gasteiger partial charge in [-0.05, 0) is 84.9 Å². The van der Waals surface area contributed by atoms with E-state index in [0.717, 1.165) is 36.0 Å². The van der Waals surface area contributed by atoms with Gasteiger partial charge in [-0.25, -0.2) is 4.79 Å². The van der Waals surface area contributed by atoms with Crippen molar-refractivity contribution < 1.29 is 23.9 Å². The fourth-order valence-electron chi connectivity index (χ4n) is 4.33. The van der Waals surface area contributed by atoms with Crippen LogP contribution in [-0.4, -0.2) is 52.4 Å². The number of alkyl carbamates (subject to hydrolysis) is 1. The Morgan fingerprint density at radius 2 is 1.58 bits per heavy atom. The predicted molar refractivity (Wildman–Crippen MR) is 149 cm³/mol. The van der Waals surface area contributed by atoms with E-state index in [1.807, 2.05) is 52.8 Å². The van der Waals surface area contributed by atoms with Crippen molar-refractivity contribution in [2.24, 2.45) is 5.73 Å². The molecule has 0 saturated carbocycles. The minimum Gasteiger partial charge on any atom is -0.444 e. The minimum atomic E-state index is -1.13. The summed E-state index contributed by atoms with van der Waals surface area (Å²) < 4.78 is 5.38. The van der Waals surface area contributed by atoms with E-state index in [1.165, 1.54) is 4.90 Å². The molecule has 1 aromatic rings. The molecule has 0 radical (unpaired) electrons. The molecule has 0 bridgehead atoms. The molecule has 0 saturated heterocycles. The molecule has 0 heterocycles. The second-order valence-electron chi connectivity index (χ2n) is 11.8. The normalized spacial score (nSPS) is 13.3. The highest BCUT2D eigenvalue weighted by molar-refractivity contribution is 5.93. The van der Waals surface area contributed by atoms with Crippen molar-refractivity contribution >= 4 is 23.8 Å². The SMILES string of the molecule is CCCCCNC(=O)C(c1c(C)cccc1C)N(C(=O)C(CCC(N)=O)NC(=O)OC(C)(C)C)C(C)(C)C. The van der Waals surface area contributed by atoms with Crippen LogP contribution in [0.3, 0.4) is 0 Å². The number of nitrogens with one attached hydrogen (secondary N) is 2. The van der Waals surface area contributed by atoms with E-state index in [0.29, 0.717) is 6.54 Å². The molecule has 9 nitrogen and oxygen atoms in total. The number of unbranched alkanes of at least 4 members (excludes halogenated alkanes) is 2. The first kappa shape index (κ1) is 32.9. The average Bonchev–Trinajstić information content (AvgIpc) is 2.76. The average molecular weight is 533 g/mol. The third kappa shape index (κ3) is 10.3. The van der Waals surface area contributed by atoms with Crippen LogP contribution in [0.15, 0.2) is 18.2 Å². The van der Waals surface area contributed by atoms with Gasteiger partial charge in [0.15, 0.2) is 0 Å². The largest absolute Gasteiger partial charge is 0.444 e. The van der Waals surface area contributed by atoms with Gasteiger partial charge < -0.3 is 26.0 Å². The van der Waals surface area contributed by atoms with Crippen LogP contribution in [0.2, 0.25) is 0 Å². The van der Waals surface area contributed by atoms with Crippen LogP contribution in [0.25, 0.3) is 0 Å². The first-order valence-electron chi connectivity index (χ1n) is 13.4. The Labute approximate surface area is 228 Å². The summed E-state index contributed by atoms with van der Waals surface area (Å²) in [5.41, 5.74) is 6.24. The Hall–Kier alpha value is -3.10. The quantitative estimate of drug-likeness (QED) is 0.343. The molecule has 0 aliphatic heterocycles. The summed E-state index contributed by atoms with van der Waals surface area (Å²) in [4.78, 5) is 53.9. The number of primary amides is 1. The van der Waals surface area contributed by atoms with Crippen LogP contribution in [0.1, 0.15) is 103 Å². The number of amides is 4. The third-order valence-electron chi connectivity index (χ3n) is 6.03. The van der Waals surface area contributed by atoms with Gasteiger partial charge in [0.1, 0.15) is 17.7 Å². The van der Waals surface area contributed by atoms with Gasteiger partial charge in [0.2, 0.25) is 17.7 Å². The number of hydrogen-bond acceptors (Lipinski definition) is 5. The lowest BCUT2D eigenvalue weighted by atomic mass is 9.90. The Bertz CT molecular complexity index is 958. The molecule has 4 amide bonds. The highest BCUT2D eigenvalue weighted by atomic mass is 16.6. The lowest BCUT2D eigenvalue weighted by Gasteiger charge is -2.43. The van der Waals surface area contributed by atoms with Crippen LogP contribution < -0.4 is 16.4 Å². The number of rotatable bonds is 12. The molecule has 0 aliphatic carbocycles. The molecule has 0 aliphatic rings. The van der Waals surface area contributed by atoms with Gasteiger partial charge in [-0.3, -0.25) is 14.4 Å². The molecule has 2 atom stereocenters. The molecule has 0 aromatic heterocycles. The summed E-state index contributed by atoms with van der Waals surface area (Å²) in [5.74, 6) is -1.40. The molecule has 4 N–H and O–H groups in total. The molecular formula is C29H48N4O5. The predicted octanol–water partition coefficient (Wildman–Crippen LogP) is 4.44. The van der Waals surface area contributed by atoms with E-state index in [9.17, 15) is 19.2 Å². The smallest absolute Gasteiger partial charge is 0.408 e. The first-order chi connectivity index (χ1) is 17.5. The Kier molecular flexibility index (Phi) is 12.3. The van der Waals surface area contributed by atoms with Crippen molar-refractivity contribution in [3.8, 4) is 0 Å². The first-order valence-corrected chi connectivity index (χ1v) is 13.4. The fourth-order valence-corrected chi connectivity index (χ4v) is 4.33. The Morgan fingerprint density at radius 1 is 1.00 bits per heavy atom. The summed E-state index contributed by atoms with van der Waals surface area (Å²) >= 11 is 0. The molecule has 1 rings (SSSR count). The molecular weight excluding hydrogens is 484 g/mol. The Morgan fingerprint density at radius 3 is 2.05 bits per heavy atom. The van der Waals surface area contributed by atoms with Crippen LogP contribution in [0, 0.1) is 13.8 Å². The van der Waals surface area contributed by atoms with Crippen LogP contribution in [-0.2, 0) is 19.1 Å². The number of hydrogen-bond donors (Lipinski definition) is 3. The maximum absolute atomic E-state index is 14.2. The van der Waals surface area contributed by atoms with Crippen LogP contribution in [0.4, 0.5) is 4.79 Å². The highest BCUT2D eigenvalue weighted by Crippen LogP contribution is 2.34. The number of nitrogens with two attached hydrogens (primary N) is 1. The van der Waals surface area contributed by atoms with Crippen LogP contribution >= 0.6 is 0 Å². The molecule has 214 valence electrons. The summed E-state index contributed by atoms with van der Waals surface area (Å²) in [6.07, 6.45) is 1.87. The third-order valence-corrected chi connectivity index (χ3v) is 6.03. The summed E-state index contributed by atoms with van der Waals surface area (Å²) in [6.45, 7) is 17.1. The number of aryl methyl sites for hydroxylation is 2. The van der Waals surface area contributed by atoms with Gasteiger partial charge >= 0.3 is 6.09 Å². The molecule has 9 heteroatoms. The van der Waals surface area contributed by atoms with E-state index in [-0.39, 0.29) is 18.7 Å². The van der Waals surface area contributed by atoms with Crippen molar-refractivity contribution in [2.45, 2.75) is 118 Å². The van der Waals surface area contributed by atoms with Gasteiger partial charge in [-0.15, -0.1) is 0 Å². The van der Waals surface area contributed by atoms with Crippen molar-refractivity contribution in [2.75, 3.05) is 6.54 Å². The van der Waals surface area contributed by atoms with E-state index in [2.05, 4.69) is 17.6 Å². The van der Waals surface area contributed by atoms with Crippen molar-refractivity contribution in [1.82, 2.24) is 15.5 Å². The number of benzene rings is 1. The Balaban J connectivity index is 3.61. The number of nitrogens with zero attached hydrogens (tertiary/aromatic N) is 1. The fraction of sp³-hybridized carbons (Fsp3) is 0.655. The summed E-state index contributed by atoms with van der Waals surface area (Å²) in [7, 11) is 0. The standard InChI is InChI=1S/C29H48N4O5/c1-10-11-12-18-31-25(35)24(23-19(2)14-13-15-20(23)3)33(28(4,5)6)26(36)21(16-17-22(30)34)32-27(37)38-29(7,8)9/h13-15,21,24H,10-12,16-18H2,1-9H3,(H2,30,34)(H,31,35)(H,32,37). The lowest BCUT2D eigenvalue weighted by molar-refractivity contribution is -0.148. The van der Waals surface area contributed by atoms with Crippen molar-refractivity contribution in [3.05, 3.63) is 34.9 Å².